The van der Waals surface area contributed by atoms with Crippen LogP contribution < -0.4 is 20.7 Å². The maximum absolute atomic E-state index is 13.4. The van der Waals surface area contributed by atoms with Crippen LogP contribution in [0, 0.1) is 0 Å². The van der Waals surface area contributed by atoms with Gasteiger partial charge in [0.2, 0.25) is 5.78 Å². The Labute approximate surface area is 205 Å². The van der Waals surface area contributed by atoms with Crippen molar-refractivity contribution >= 4 is 45.0 Å². The summed E-state index contributed by atoms with van der Waals surface area (Å²) in [6, 6.07) is 14.9. The topological polar surface area (TPSA) is 155 Å². The van der Waals surface area contributed by atoms with Gasteiger partial charge in [0.05, 0.1) is 17.1 Å². The van der Waals surface area contributed by atoms with Crippen LogP contribution in [0.5, 0.6) is 0 Å². The van der Waals surface area contributed by atoms with Gasteiger partial charge in [-0.3, -0.25) is 14.3 Å². The molecule has 0 unspecified atom stereocenters. The van der Waals surface area contributed by atoms with Gasteiger partial charge in [0, 0.05) is 11.6 Å². The van der Waals surface area contributed by atoms with Gasteiger partial charge >= 0.3 is 10.2 Å². The van der Waals surface area contributed by atoms with Gasteiger partial charge in [-0.1, -0.05) is 41.9 Å². The molecule has 4 aromatic rings. The van der Waals surface area contributed by atoms with E-state index in [1.165, 1.54) is 16.5 Å². The fourth-order valence-corrected chi connectivity index (χ4v) is 4.52. The van der Waals surface area contributed by atoms with Gasteiger partial charge in [0.25, 0.3) is 11.5 Å². The Hall–Kier alpha value is -3.87. The van der Waals surface area contributed by atoms with Crippen molar-refractivity contribution < 1.29 is 13.2 Å². The van der Waals surface area contributed by atoms with Crippen molar-refractivity contribution in [3.63, 3.8) is 0 Å². The molecule has 0 radical (unpaired) electrons. The zero-order chi connectivity index (χ0) is 25.3. The van der Waals surface area contributed by atoms with Gasteiger partial charge < -0.3 is 15.6 Å². The van der Waals surface area contributed by atoms with E-state index in [9.17, 15) is 18.0 Å². The maximum atomic E-state index is 13.4. The first-order valence-corrected chi connectivity index (χ1v) is 12.2. The van der Waals surface area contributed by atoms with E-state index >= 15 is 0 Å². The number of hydrogen-bond donors (Lipinski definition) is 4. The Bertz CT molecular complexity index is 1560. The van der Waals surface area contributed by atoms with E-state index in [0.717, 1.165) is 5.56 Å². The maximum Gasteiger partial charge on any atom is 0.323 e. The molecule has 11 nitrogen and oxygen atoms in total. The van der Waals surface area contributed by atoms with Crippen molar-refractivity contribution in [2.75, 3.05) is 24.6 Å². The number of hydrogen-bond acceptors (Lipinski definition) is 7. The monoisotopic (exact) mass is 515 g/mol. The summed E-state index contributed by atoms with van der Waals surface area (Å²) in [6.07, 6.45) is 0. The Morgan fingerprint density at radius 3 is 2.43 bits per heavy atom. The molecule has 0 spiro atoms. The highest BCUT2D eigenvalue weighted by atomic mass is 35.5. The predicted molar refractivity (Wildman–Crippen MR) is 135 cm³/mol. The van der Waals surface area contributed by atoms with Gasteiger partial charge in [-0.2, -0.15) is 13.4 Å². The molecule has 0 fully saturated rings. The smallest absolute Gasteiger partial charge is 0.323 e. The number of aromatic amines is 1. The molecule has 2 aromatic heterocycles. The number of halogens is 1. The van der Waals surface area contributed by atoms with Crippen molar-refractivity contribution in [3.8, 4) is 11.3 Å². The molecule has 0 saturated carbocycles. The van der Waals surface area contributed by atoms with Gasteiger partial charge in [0.15, 0.2) is 0 Å². The minimum absolute atomic E-state index is 0.108. The number of anilines is 2. The molecule has 0 atom stereocenters. The average molecular weight is 516 g/mol. The van der Waals surface area contributed by atoms with Crippen molar-refractivity contribution in [3.05, 3.63) is 81.2 Å². The summed E-state index contributed by atoms with van der Waals surface area (Å²) >= 11 is 6.01. The summed E-state index contributed by atoms with van der Waals surface area (Å²) in [6.45, 7) is 0.304. The third-order valence-electron chi connectivity index (χ3n) is 4.99. The Kier molecular flexibility index (Phi) is 6.52. The normalized spacial score (nSPS) is 11.7. The molecule has 4 rings (SSSR count). The number of nitrogens with one attached hydrogen (secondary N) is 3. The first-order valence-electron chi connectivity index (χ1n) is 10.3. The van der Waals surface area contributed by atoms with Gasteiger partial charge in [0.1, 0.15) is 11.4 Å². The number of aromatic nitrogens is 3. The van der Waals surface area contributed by atoms with E-state index in [1.807, 2.05) is 23.7 Å². The fourth-order valence-electron chi connectivity index (χ4n) is 3.55. The Morgan fingerprint density at radius 2 is 1.80 bits per heavy atom. The summed E-state index contributed by atoms with van der Waals surface area (Å²) in [5.74, 6) is -1.51. The molecule has 2 aromatic carbocycles. The first-order chi connectivity index (χ1) is 16.6. The lowest BCUT2D eigenvalue weighted by Gasteiger charge is -2.13. The number of H-pyrrole nitrogens is 1. The van der Waals surface area contributed by atoms with E-state index in [2.05, 4.69) is 14.7 Å². The number of benzene rings is 2. The SMILES string of the molecule is CN(C)Cc1c(-c2ccc(Cl)cc2)[nH]c2nc(N)c(C(=O)NS(=O)(=O)Nc3ccccc3)c(=O)n12. The van der Waals surface area contributed by atoms with Crippen molar-refractivity contribution in [2.45, 2.75) is 6.54 Å². The van der Waals surface area contributed by atoms with E-state index < -0.39 is 33.1 Å². The highest BCUT2D eigenvalue weighted by Crippen LogP contribution is 2.26. The fraction of sp³-hybridized carbons (Fsp3) is 0.136. The molecular formula is C22H22ClN7O4S. The van der Waals surface area contributed by atoms with Gasteiger partial charge in [-0.25, -0.2) is 9.12 Å². The number of carbonyl (C=O) groups is 1. The average Bonchev–Trinajstić information content (AvgIpc) is 3.11. The van der Waals surface area contributed by atoms with Gasteiger partial charge in [-0.05, 0) is 43.9 Å². The van der Waals surface area contributed by atoms with Crippen LogP contribution >= 0.6 is 11.6 Å². The number of para-hydroxylation sites is 1. The molecule has 0 aliphatic heterocycles. The van der Waals surface area contributed by atoms with Crippen molar-refractivity contribution in [2.24, 2.45) is 0 Å². The van der Waals surface area contributed by atoms with Crippen LogP contribution in [-0.2, 0) is 16.8 Å². The van der Waals surface area contributed by atoms with Crippen LogP contribution in [0.3, 0.4) is 0 Å². The largest absolute Gasteiger partial charge is 0.383 e. The number of rotatable bonds is 7. The molecule has 0 saturated heterocycles. The third-order valence-corrected chi connectivity index (χ3v) is 6.20. The minimum atomic E-state index is -4.35. The summed E-state index contributed by atoms with van der Waals surface area (Å²) in [5.41, 5.74) is 6.57. The standard InChI is InChI=1S/C22H22ClN7O4S/c1-29(2)12-16-18(13-8-10-14(23)11-9-13)25-22-26-19(24)17(21(32)30(16)22)20(31)28-35(33,34)27-15-6-4-3-5-7-15/h3-11,27H,12,24H2,1-2H3,(H,25,26)(H,28,31). The number of nitrogen functional groups attached to an aromatic ring is 1. The molecule has 0 bridgehead atoms. The molecule has 13 heteroatoms. The number of carbonyl (C=O) groups excluding carboxylic acids is 1. The highest BCUT2D eigenvalue weighted by molar-refractivity contribution is 7.91. The van der Waals surface area contributed by atoms with E-state index in [0.29, 0.717) is 23.0 Å². The second kappa shape index (κ2) is 9.41. The predicted octanol–water partition coefficient (Wildman–Crippen LogP) is 2.07. The number of amides is 1. The second-order valence-electron chi connectivity index (χ2n) is 7.93. The second-order valence-corrected chi connectivity index (χ2v) is 9.78. The number of imidazole rings is 1. The van der Waals surface area contributed by atoms with E-state index in [1.54, 1.807) is 42.5 Å². The zero-order valence-electron chi connectivity index (χ0n) is 18.7. The number of fused-ring (bicyclic) bond motifs is 1. The van der Waals surface area contributed by atoms with Crippen molar-refractivity contribution in [1.82, 2.24) is 24.0 Å². The minimum Gasteiger partial charge on any atom is -0.383 e. The van der Waals surface area contributed by atoms with Gasteiger partial charge in [-0.15, -0.1) is 0 Å². The molecular weight excluding hydrogens is 494 g/mol. The summed E-state index contributed by atoms with van der Waals surface area (Å²) in [5, 5.41) is 0.544. The molecule has 1 amide bonds. The lowest BCUT2D eigenvalue weighted by atomic mass is 10.1. The lowest BCUT2D eigenvalue weighted by Crippen LogP contribution is -2.39. The number of nitrogens with zero attached hydrogens (tertiary/aromatic N) is 3. The van der Waals surface area contributed by atoms with Crippen LogP contribution in [0.15, 0.2) is 59.4 Å². The number of nitrogens with two attached hydrogens (primary N) is 1. The summed E-state index contributed by atoms with van der Waals surface area (Å²) < 4.78 is 30.2. The van der Waals surface area contributed by atoms with Crippen LogP contribution in [0.2, 0.25) is 5.02 Å². The van der Waals surface area contributed by atoms with Crippen molar-refractivity contribution in [1.29, 1.82) is 0 Å². The van der Waals surface area contributed by atoms with Crippen LogP contribution in [0.1, 0.15) is 16.1 Å². The zero-order valence-corrected chi connectivity index (χ0v) is 20.3. The van der Waals surface area contributed by atoms with Crippen LogP contribution in [0.4, 0.5) is 11.5 Å². The molecule has 0 aliphatic carbocycles. The molecule has 35 heavy (non-hydrogen) atoms. The summed E-state index contributed by atoms with van der Waals surface area (Å²) in [7, 11) is -0.719. The first kappa shape index (κ1) is 24.3. The molecule has 182 valence electrons. The molecule has 2 heterocycles. The van der Waals surface area contributed by atoms with E-state index in [-0.39, 0.29) is 11.5 Å². The Morgan fingerprint density at radius 1 is 1.14 bits per heavy atom. The Balaban J connectivity index is 1.80. The van der Waals surface area contributed by atoms with Crippen LogP contribution in [0.25, 0.3) is 17.0 Å². The lowest BCUT2D eigenvalue weighted by molar-refractivity contribution is 0.0980. The quantitative estimate of drug-likeness (QED) is 0.293. The molecule has 5 N–H and O–H groups in total. The summed E-state index contributed by atoms with van der Waals surface area (Å²) in [4.78, 5) is 35.4. The van der Waals surface area contributed by atoms with E-state index in [4.69, 9.17) is 17.3 Å². The third kappa shape index (κ3) is 5.14. The van der Waals surface area contributed by atoms with Crippen LogP contribution in [-0.4, -0.2) is 47.7 Å². The molecule has 0 aliphatic rings. The highest BCUT2D eigenvalue weighted by Gasteiger charge is 2.26.